The molecule has 0 radical (unpaired) electrons. The van der Waals surface area contributed by atoms with Crippen LogP contribution in [0.5, 0.6) is 0 Å². The molecule has 0 unspecified atom stereocenters. The van der Waals surface area contributed by atoms with Crippen LogP contribution in [0.3, 0.4) is 0 Å². The van der Waals surface area contributed by atoms with Crippen molar-refractivity contribution in [2.24, 2.45) is 5.10 Å². The van der Waals surface area contributed by atoms with Crippen LogP contribution < -0.4 is 10.3 Å². The van der Waals surface area contributed by atoms with Crippen molar-refractivity contribution in [1.29, 1.82) is 0 Å². The van der Waals surface area contributed by atoms with Crippen molar-refractivity contribution in [3.63, 3.8) is 0 Å². The summed E-state index contributed by atoms with van der Waals surface area (Å²) < 4.78 is 0. The Labute approximate surface area is 118 Å². The van der Waals surface area contributed by atoms with Crippen LogP contribution >= 0.6 is 11.3 Å². The van der Waals surface area contributed by atoms with Crippen molar-refractivity contribution in [3.05, 3.63) is 22.4 Å². The maximum absolute atomic E-state index is 11.8. The van der Waals surface area contributed by atoms with E-state index in [2.05, 4.69) is 10.5 Å². The number of nitrogens with one attached hydrogen (secondary N) is 2. The van der Waals surface area contributed by atoms with Crippen LogP contribution in [-0.2, 0) is 4.79 Å². The molecule has 1 aliphatic rings. The average molecular weight is 280 g/mol. The van der Waals surface area contributed by atoms with E-state index in [1.165, 1.54) is 37.0 Å². The topological polar surface area (TPSA) is 45.9 Å². The summed E-state index contributed by atoms with van der Waals surface area (Å²) in [5.74, 6) is 0.0170. The molecule has 1 amide bonds. The van der Waals surface area contributed by atoms with Crippen LogP contribution in [0.4, 0.5) is 0 Å². The van der Waals surface area contributed by atoms with Crippen molar-refractivity contribution in [1.82, 2.24) is 5.43 Å². The third kappa shape index (κ3) is 5.53. The van der Waals surface area contributed by atoms with Gasteiger partial charge in [0, 0.05) is 4.88 Å². The second-order valence-corrected chi connectivity index (χ2v) is 5.98. The molecule has 0 aliphatic carbocycles. The Kier molecular flexibility index (Phi) is 6.04. The van der Waals surface area contributed by atoms with Crippen LogP contribution in [0, 0.1) is 0 Å². The number of carbonyl (C=O) groups excluding carboxylic acids is 1. The molecule has 2 rings (SSSR count). The number of hydrogen-bond acceptors (Lipinski definition) is 3. The molecular formula is C14H22N3OS+. The van der Waals surface area contributed by atoms with E-state index >= 15 is 0 Å². The Morgan fingerprint density at radius 1 is 1.32 bits per heavy atom. The second-order valence-electron chi connectivity index (χ2n) is 5.00. The average Bonchev–Trinajstić information content (AvgIpc) is 2.85. The minimum absolute atomic E-state index is 0.0170. The fourth-order valence-corrected chi connectivity index (χ4v) is 2.97. The number of hydrogen-bond donors (Lipinski definition) is 2. The minimum Gasteiger partial charge on any atom is -0.327 e. The van der Waals surface area contributed by atoms with Gasteiger partial charge in [0.1, 0.15) is 0 Å². The van der Waals surface area contributed by atoms with Gasteiger partial charge in [-0.05, 0) is 37.1 Å². The van der Waals surface area contributed by atoms with E-state index in [0.717, 1.165) is 18.0 Å². The molecule has 19 heavy (non-hydrogen) atoms. The SMILES string of the molecule is O=C(C[NH+]1CCCCCCC1)N/N=C\c1cccs1. The first-order valence-corrected chi connectivity index (χ1v) is 7.91. The lowest BCUT2D eigenvalue weighted by Crippen LogP contribution is -3.13. The zero-order valence-electron chi connectivity index (χ0n) is 11.2. The van der Waals surface area contributed by atoms with Crippen LogP contribution in [0.15, 0.2) is 22.6 Å². The number of rotatable bonds is 4. The zero-order valence-corrected chi connectivity index (χ0v) is 12.0. The fraction of sp³-hybridized carbons (Fsp3) is 0.571. The molecule has 0 saturated carbocycles. The van der Waals surface area contributed by atoms with Crippen molar-refractivity contribution in [2.75, 3.05) is 19.6 Å². The van der Waals surface area contributed by atoms with Crippen molar-refractivity contribution < 1.29 is 9.69 Å². The van der Waals surface area contributed by atoms with Gasteiger partial charge in [0.05, 0.1) is 19.3 Å². The minimum atomic E-state index is 0.0170. The summed E-state index contributed by atoms with van der Waals surface area (Å²) in [7, 11) is 0. The summed E-state index contributed by atoms with van der Waals surface area (Å²) in [6.45, 7) is 2.77. The Morgan fingerprint density at radius 2 is 2.05 bits per heavy atom. The summed E-state index contributed by atoms with van der Waals surface area (Å²) in [6, 6.07) is 3.95. The van der Waals surface area contributed by atoms with Gasteiger partial charge < -0.3 is 4.90 Å². The molecule has 104 valence electrons. The molecule has 2 heterocycles. The molecule has 0 spiro atoms. The van der Waals surface area contributed by atoms with E-state index in [9.17, 15) is 4.79 Å². The molecule has 5 heteroatoms. The van der Waals surface area contributed by atoms with Gasteiger partial charge in [0.15, 0.2) is 6.54 Å². The predicted molar refractivity (Wildman–Crippen MR) is 78.7 cm³/mol. The summed E-state index contributed by atoms with van der Waals surface area (Å²) >= 11 is 1.61. The monoisotopic (exact) mass is 280 g/mol. The molecule has 4 nitrogen and oxygen atoms in total. The van der Waals surface area contributed by atoms with Gasteiger partial charge in [-0.3, -0.25) is 4.79 Å². The van der Waals surface area contributed by atoms with Gasteiger partial charge in [0.2, 0.25) is 0 Å². The maximum atomic E-state index is 11.8. The van der Waals surface area contributed by atoms with E-state index in [1.54, 1.807) is 17.6 Å². The largest absolute Gasteiger partial charge is 0.327 e. The Balaban J connectivity index is 1.70. The number of likely N-dealkylation sites (tertiary alicyclic amines) is 1. The molecule has 1 aromatic rings. The highest BCUT2D eigenvalue weighted by Crippen LogP contribution is 2.04. The van der Waals surface area contributed by atoms with Crippen molar-refractivity contribution in [3.8, 4) is 0 Å². The smallest absolute Gasteiger partial charge is 0.295 e. The number of amides is 1. The molecular weight excluding hydrogens is 258 g/mol. The number of nitrogens with zero attached hydrogens (tertiary/aromatic N) is 1. The van der Waals surface area contributed by atoms with Gasteiger partial charge in [-0.25, -0.2) is 5.43 Å². The molecule has 2 N–H and O–H groups in total. The van der Waals surface area contributed by atoms with E-state index in [4.69, 9.17) is 0 Å². The molecule has 1 saturated heterocycles. The number of thiophene rings is 1. The maximum Gasteiger partial charge on any atom is 0.295 e. The highest BCUT2D eigenvalue weighted by molar-refractivity contribution is 7.11. The standard InChI is InChI=1S/C14H21N3OS/c18-14(16-15-11-13-7-6-10-19-13)12-17-8-4-2-1-3-5-9-17/h6-7,10-11H,1-5,8-9,12H2,(H,16,18)/p+1/b15-11-. The van der Waals surface area contributed by atoms with E-state index in [0.29, 0.717) is 6.54 Å². The first kappa shape index (κ1) is 14.2. The zero-order chi connectivity index (χ0) is 13.3. The van der Waals surface area contributed by atoms with Gasteiger partial charge in [-0.1, -0.05) is 12.5 Å². The Morgan fingerprint density at radius 3 is 2.74 bits per heavy atom. The van der Waals surface area contributed by atoms with Gasteiger partial charge >= 0.3 is 0 Å². The summed E-state index contributed by atoms with van der Waals surface area (Å²) in [4.78, 5) is 14.2. The molecule has 0 bridgehead atoms. The predicted octanol–water partition coefficient (Wildman–Crippen LogP) is 1.05. The highest BCUT2D eigenvalue weighted by Gasteiger charge is 2.14. The number of hydrazone groups is 1. The molecule has 1 aliphatic heterocycles. The summed E-state index contributed by atoms with van der Waals surface area (Å²) in [6.07, 6.45) is 8.14. The highest BCUT2D eigenvalue weighted by atomic mass is 32.1. The summed E-state index contributed by atoms with van der Waals surface area (Å²) in [5, 5.41) is 5.99. The molecule has 1 aromatic heterocycles. The lowest BCUT2D eigenvalue weighted by atomic mass is 10.1. The Hall–Kier alpha value is -1.20. The van der Waals surface area contributed by atoms with Crippen molar-refractivity contribution in [2.45, 2.75) is 32.1 Å². The second kappa shape index (κ2) is 8.07. The number of quaternary nitrogens is 1. The fourth-order valence-electron chi connectivity index (χ4n) is 2.38. The van der Waals surface area contributed by atoms with Crippen LogP contribution in [0.2, 0.25) is 0 Å². The first-order chi connectivity index (χ1) is 9.34. The van der Waals surface area contributed by atoms with Crippen LogP contribution in [0.1, 0.15) is 37.0 Å². The molecule has 1 fully saturated rings. The first-order valence-electron chi connectivity index (χ1n) is 7.03. The van der Waals surface area contributed by atoms with E-state index in [-0.39, 0.29) is 5.91 Å². The third-order valence-corrected chi connectivity index (χ3v) is 4.20. The van der Waals surface area contributed by atoms with Gasteiger partial charge in [-0.15, -0.1) is 11.3 Å². The van der Waals surface area contributed by atoms with E-state index in [1.807, 2.05) is 17.5 Å². The molecule has 0 atom stereocenters. The normalized spacial score (nSPS) is 18.1. The van der Waals surface area contributed by atoms with Crippen LogP contribution in [0.25, 0.3) is 0 Å². The lowest BCUT2D eigenvalue weighted by Gasteiger charge is -2.20. The quantitative estimate of drug-likeness (QED) is 0.628. The number of carbonyl (C=O) groups is 1. The third-order valence-electron chi connectivity index (χ3n) is 3.40. The summed E-state index contributed by atoms with van der Waals surface area (Å²) in [5.41, 5.74) is 2.62. The van der Waals surface area contributed by atoms with Crippen LogP contribution in [-0.4, -0.2) is 31.8 Å². The Bertz CT molecular complexity index is 395. The molecule has 0 aromatic carbocycles. The van der Waals surface area contributed by atoms with Crippen molar-refractivity contribution >= 4 is 23.5 Å². The lowest BCUT2D eigenvalue weighted by molar-refractivity contribution is -0.893. The van der Waals surface area contributed by atoms with Gasteiger partial charge in [-0.2, -0.15) is 5.10 Å². The van der Waals surface area contributed by atoms with E-state index < -0.39 is 0 Å². The van der Waals surface area contributed by atoms with Gasteiger partial charge in [0.25, 0.3) is 5.91 Å².